The Morgan fingerprint density at radius 1 is 1.18 bits per heavy atom. The molecule has 0 saturated carbocycles. The third kappa shape index (κ3) is 3.98. The zero-order valence-electron chi connectivity index (χ0n) is 15.2. The van der Waals surface area contributed by atoms with Crippen LogP contribution in [0, 0.1) is 16.3 Å². The molecule has 0 spiro atoms. The highest BCUT2D eigenvalue weighted by Gasteiger charge is 2.35. The number of hydrogen-bond acceptors (Lipinski definition) is 4. The first kappa shape index (κ1) is 20.6. The molecule has 9 heteroatoms. The summed E-state index contributed by atoms with van der Waals surface area (Å²) >= 11 is 2.10. The van der Waals surface area contributed by atoms with E-state index in [1.165, 1.54) is 12.1 Å². The van der Waals surface area contributed by atoms with E-state index >= 15 is 0 Å². The molecule has 3 rings (SSSR count). The number of aromatic nitrogens is 2. The zero-order valence-corrected chi connectivity index (χ0v) is 17.3. The fraction of sp³-hybridized carbons (Fsp3) is 0.263. The van der Waals surface area contributed by atoms with E-state index in [0.717, 1.165) is 9.64 Å². The molecule has 3 aromatic rings. The number of nitrogens with one attached hydrogen (secondary N) is 1. The van der Waals surface area contributed by atoms with Crippen LogP contribution in [0.2, 0.25) is 0 Å². The van der Waals surface area contributed by atoms with Gasteiger partial charge in [0, 0.05) is 17.0 Å². The van der Waals surface area contributed by atoms with Crippen molar-refractivity contribution in [3.63, 3.8) is 0 Å². The Kier molecular flexibility index (Phi) is 5.64. The van der Waals surface area contributed by atoms with Gasteiger partial charge in [-0.1, -0.05) is 12.1 Å². The minimum absolute atomic E-state index is 0.0950. The number of halogens is 5. The minimum atomic E-state index is -4.76. The van der Waals surface area contributed by atoms with Gasteiger partial charge in [-0.15, -0.1) is 0 Å². The lowest BCUT2D eigenvalue weighted by Crippen LogP contribution is -2.15. The van der Waals surface area contributed by atoms with Gasteiger partial charge in [-0.25, -0.2) is 14.4 Å². The molecule has 148 valence electrons. The van der Waals surface area contributed by atoms with Crippen LogP contribution in [0.25, 0.3) is 10.9 Å². The van der Waals surface area contributed by atoms with Gasteiger partial charge >= 0.3 is 6.18 Å². The van der Waals surface area contributed by atoms with E-state index in [1.54, 1.807) is 27.0 Å². The van der Waals surface area contributed by atoms with Crippen molar-refractivity contribution in [2.45, 2.75) is 26.1 Å². The summed E-state index contributed by atoms with van der Waals surface area (Å²) in [6.45, 7) is 3.28. The standard InChI is InChI=1S/C19H16F4IN3O/c1-9(11-5-4-6-13(17(11)20)19(21,22)23)25-18-12-7-14(24)16(28-3)8-15(12)26-10(2)27-18/h4-9H,1-3H3,(H,25,26,27)/t9-/m1/s1. The molecule has 2 aromatic carbocycles. The van der Waals surface area contributed by atoms with E-state index in [0.29, 0.717) is 28.3 Å². The van der Waals surface area contributed by atoms with Gasteiger partial charge in [-0.05, 0) is 48.6 Å². The predicted molar refractivity (Wildman–Crippen MR) is 107 cm³/mol. The van der Waals surface area contributed by atoms with Crippen LogP contribution < -0.4 is 10.1 Å². The average Bonchev–Trinajstić information content (AvgIpc) is 2.60. The molecule has 4 nitrogen and oxygen atoms in total. The van der Waals surface area contributed by atoms with E-state index in [-0.39, 0.29) is 5.56 Å². The molecule has 1 aromatic heterocycles. The Balaban J connectivity index is 2.05. The fourth-order valence-corrected chi connectivity index (χ4v) is 3.59. The molecule has 0 fully saturated rings. The molecule has 28 heavy (non-hydrogen) atoms. The van der Waals surface area contributed by atoms with Gasteiger partial charge in [0.2, 0.25) is 0 Å². The number of hydrogen-bond donors (Lipinski definition) is 1. The lowest BCUT2D eigenvalue weighted by atomic mass is 10.0. The molecule has 1 atom stereocenters. The van der Waals surface area contributed by atoms with Gasteiger partial charge in [-0.3, -0.25) is 0 Å². The summed E-state index contributed by atoms with van der Waals surface area (Å²) in [5.74, 6) is 0.234. The summed E-state index contributed by atoms with van der Waals surface area (Å²) in [6, 6.07) is 6.06. The maximum absolute atomic E-state index is 14.5. The topological polar surface area (TPSA) is 47.0 Å². The molecular formula is C19H16F4IN3O. The Labute approximate surface area is 172 Å². The van der Waals surface area contributed by atoms with Gasteiger partial charge in [-0.2, -0.15) is 13.2 Å². The summed E-state index contributed by atoms with van der Waals surface area (Å²) in [5, 5.41) is 3.69. The molecule has 0 aliphatic carbocycles. The highest BCUT2D eigenvalue weighted by atomic mass is 127. The monoisotopic (exact) mass is 505 g/mol. The van der Waals surface area contributed by atoms with E-state index in [1.807, 2.05) is 6.07 Å². The van der Waals surface area contributed by atoms with Crippen LogP contribution in [0.15, 0.2) is 30.3 Å². The van der Waals surface area contributed by atoms with Crippen LogP contribution in [-0.4, -0.2) is 17.1 Å². The summed E-state index contributed by atoms with van der Waals surface area (Å²) < 4.78 is 59.6. The van der Waals surface area contributed by atoms with Gasteiger partial charge in [0.05, 0.1) is 27.8 Å². The Bertz CT molecular complexity index is 1040. The maximum Gasteiger partial charge on any atom is 0.419 e. The molecular weight excluding hydrogens is 489 g/mol. The van der Waals surface area contributed by atoms with Crippen molar-refractivity contribution in [1.82, 2.24) is 9.97 Å². The van der Waals surface area contributed by atoms with Crippen LogP contribution in [0.4, 0.5) is 23.4 Å². The first-order valence-electron chi connectivity index (χ1n) is 8.26. The smallest absolute Gasteiger partial charge is 0.419 e. The van der Waals surface area contributed by atoms with Crippen molar-refractivity contribution in [2.24, 2.45) is 0 Å². The molecule has 0 aliphatic heterocycles. The Morgan fingerprint density at radius 2 is 1.89 bits per heavy atom. The quantitative estimate of drug-likeness (QED) is 0.356. The first-order chi connectivity index (χ1) is 13.1. The predicted octanol–water partition coefficient (Wildman–Crippen LogP) is 5.88. The Hall–Kier alpha value is -2.17. The number of alkyl halides is 3. The first-order valence-corrected chi connectivity index (χ1v) is 9.33. The number of benzene rings is 2. The van der Waals surface area contributed by atoms with Crippen molar-refractivity contribution >= 4 is 39.3 Å². The molecule has 0 bridgehead atoms. The molecule has 1 N–H and O–H groups in total. The van der Waals surface area contributed by atoms with Gasteiger partial charge < -0.3 is 10.1 Å². The number of aryl methyl sites for hydroxylation is 1. The van der Waals surface area contributed by atoms with E-state index in [9.17, 15) is 17.6 Å². The number of ether oxygens (including phenoxy) is 1. The van der Waals surface area contributed by atoms with Crippen molar-refractivity contribution in [1.29, 1.82) is 0 Å². The van der Waals surface area contributed by atoms with Crippen molar-refractivity contribution in [3.05, 3.63) is 56.7 Å². The normalized spacial score (nSPS) is 12.9. The van der Waals surface area contributed by atoms with E-state index in [4.69, 9.17) is 4.74 Å². The maximum atomic E-state index is 14.5. The van der Waals surface area contributed by atoms with Crippen LogP contribution in [0.3, 0.4) is 0 Å². The number of rotatable bonds is 4. The highest BCUT2D eigenvalue weighted by molar-refractivity contribution is 14.1. The zero-order chi connectivity index (χ0) is 20.6. The molecule has 0 unspecified atom stereocenters. The second-order valence-corrected chi connectivity index (χ2v) is 7.36. The number of anilines is 1. The number of nitrogens with zero attached hydrogens (tertiary/aromatic N) is 2. The van der Waals surface area contributed by atoms with E-state index < -0.39 is 23.6 Å². The van der Waals surface area contributed by atoms with Gasteiger partial charge in [0.15, 0.2) is 0 Å². The molecule has 0 amide bonds. The van der Waals surface area contributed by atoms with E-state index in [2.05, 4.69) is 37.9 Å². The minimum Gasteiger partial charge on any atom is -0.496 e. The van der Waals surface area contributed by atoms with Crippen molar-refractivity contribution < 1.29 is 22.3 Å². The molecule has 0 aliphatic rings. The van der Waals surface area contributed by atoms with Crippen molar-refractivity contribution in [2.75, 3.05) is 12.4 Å². The van der Waals surface area contributed by atoms with Crippen LogP contribution >= 0.6 is 22.6 Å². The lowest BCUT2D eigenvalue weighted by Gasteiger charge is -2.19. The second-order valence-electron chi connectivity index (χ2n) is 6.20. The largest absolute Gasteiger partial charge is 0.496 e. The lowest BCUT2D eigenvalue weighted by molar-refractivity contribution is -0.140. The molecule has 1 heterocycles. The Morgan fingerprint density at radius 3 is 2.54 bits per heavy atom. The van der Waals surface area contributed by atoms with Gasteiger partial charge in [0.25, 0.3) is 0 Å². The van der Waals surface area contributed by atoms with Gasteiger partial charge in [0.1, 0.15) is 23.2 Å². The summed E-state index contributed by atoms with van der Waals surface area (Å²) in [6.07, 6.45) is -4.76. The third-order valence-corrected chi connectivity index (χ3v) is 5.08. The summed E-state index contributed by atoms with van der Waals surface area (Å²) in [7, 11) is 1.55. The number of methoxy groups -OCH3 is 1. The fourth-order valence-electron chi connectivity index (χ4n) is 2.90. The SMILES string of the molecule is COc1cc2nc(C)nc(N[C@H](C)c3cccc(C(F)(F)F)c3F)c2cc1I. The summed E-state index contributed by atoms with van der Waals surface area (Å²) in [4.78, 5) is 8.73. The average molecular weight is 505 g/mol. The molecule has 0 radical (unpaired) electrons. The highest BCUT2D eigenvalue weighted by Crippen LogP contribution is 2.35. The second kappa shape index (κ2) is 7.69. The summed E-state index contributed by atoms with van der Waals surface area (Å²) in [5.41, 5.74) is -0.770. The van der Waals surface area contributed by atoms with Crippen LogP contribution in [-0.2, 0) is 6.18 Å². The number of fused-ring (bicyclic) bond motifs is 1. The van der Waals surface area contributed by atoms with Crippen LogP contribution in [0.1, 0.15) is 29.9 Å². The molecule has 0 saturated heterocycles. The van der Waals surface area contributed by atoms with Crippen molar-refractivity contribution in [3.8, 4) is 5.75 Å². The van der Waals surface area contributed by atoms with Crippen LogP contribution in [0.5, 0.6) is 5.75 Å². The third-order valence-electron chi connectivity index (χ3n) is 4.23.